The molecule has 1 fully saturated rings. The molecule has 1 atom stereocenters. The molecule has 0 bridgehead atoms. The van der Waals surface area contributed by atoms with Gasteiger partial charge in [0.25, 0.3) is 0 Å². The molecule has 0 spiro atoms. The highest BCUT2D eigenvalue weighted by Gasteiger charge is 2.19. The molecular weight excluding hydrogens is 354 g/mol. The van der Waals surface area contributed by atoms with Crippen LogP contribution in [0.5, 0.6) is 0 Å². The lowest BCUT2D eigenvalue weighted by Gasteiger charge is -2.23. The van der Waals surface area contributed by atoms with Gasteiger partial charge in [-0.3, -0.25) is 5.10 Å². The van der Waals surface area contributed by atoms with Crippen LogP contribution < -0.4 is 10.2 Å². The summed E-state index contributed by atoms with van der Waals surface area (Å²) in [5, 5.41) is 12.7. The summed E-state index contributed by atoms with van der Waals surface area (Å²) in [5.41, 5.74) is 2.25. The number of rotatable bonds is 5. The summed E-state index contributed by atoms with van der Waals surface area (Å²) in [6.45, 7) is 1.72. The first kappa shape index (κ1) is 16.9. The SMILES string of the molecule is CN(CC1CCCO1)c1nccc2cc(Nc3[nH]nc4nccnc34)ccc12. The maximum Gasteiger partial charge on any atom is 0.201 e. The third-order valence-electron chi connectivity index (χ3n) is 5.07. The molecule has 3 aromatic heterocycles. The van der Waals surface area contributed by atoms with Crippen molar-refractivity contribution in [2.45, 2.75) is 18.9 Å². The molecule has 8 nitrogen and oxygen atoms in total. The van der Waals surface area contributed by atoms with Gasteiger partial charge in [-0.1, -0.05) is 0 Å². The highest BCUT2D eigenvalue weighted by molar-refractivity contribution is 5.95. The maximum absolute atomic E-state index is 5.77. The Labute approximate surface area is 162 Å². The average molecular weight is 375 g/mol. The van der Waals surface area contributed by atoms with E-state index in [0.29, 0.717) is 11.2 Å². The van der Waals surface area contributed by atoms with E-state index in [4.69, 9.17) is 4.74 Å². The second kappa shape index (κ2) is 7.05. The van der Waals surface area contributed by atoms with Crippen molar-refractivity contribution in [1.29, 1.82) is 0 Å². The van der Waals surface area contributed by atoms with Gasteiger partial charge in [0.05, 0.1) is 6.10 Å². The van der Waals surface area contributed by atoms with Gasteiger partial charge in [0.2, 0.25) is 5.65 Å². The summed E-state index contributed by atoms with van der Waals surface area (Å²) in [7, 11) is 2.07. The van der Waals surface area contributed by atoms with Crippen molar-refractivity contribution in [3.05, 3.63) is 42.9 Å². The maximum atomic E-state index is 5.77. The summed E-state index contributed by atoms with van der Waals surface area (Å²) in [5.74, 6) is 1.70. The third-order valence-corrected chi connectivity index (χ3v) is 5.07. The topological polar surface area (TPSA) is 91.8 Å². The van der Waals surface area contributed by atoms with E-state index in [1.165, 1.54) is 0 Å². The van der Waals surface area contributed by atoms with E-state index in [1.807, 2.05) is 18.3 Å². The number of pyridine rings is 1. The minimum Gasteiger partial charge on any atom is -0.376 e. The number of aromatic nitrogens is 5. The van der Waals surface area contributed by atoms with Crippen LogP contribution in [-0.4, -0.2) is 51.5 Å². The number of ether oxygens (including phenoxy) is 1. The fraction of sp³-hybridized carbons (Fsp3) is 0.300. The Morgan fingerprint density at radius 1 is 1.18 bits per heavy atom. The van der Waals surface area contributed by atoms with Crippen LogP contribution in [-0.2, 0) is 4.74 Å². The monoisotopic (exact) mass is 375 g/mol. The summed E-state index contributed by atoms with van der Waals surface area (Å²) < 4.78 is 5.77. The zero-order valence-corrected chi connectivity index (χ0v) is 15.6. The van der Waals surface area contributed by atoms with Crippen LogP contribution >= 0.6 is 0 Å². The molecule has 0 amide bonds. The first-order valence-corrected chi connectivity index (χ1v) is 9.41. The van der Waals surface area contributed by atoms with Crippen molar-refractivity contribution in [2.24, 2.45) is 0 Å². The summed E-state index contributed by atoms with van der Waals surface area (Å²) in [4.78, 5) is 15.3. The Kier molecular flexibility index (Phi) is 4.25. The van der Waals surface area contributed by atoms with Crippen molar-refractivity contribution in [3.63, 3.8) is 0 Å². The third kappa shape index (κ3) is 3.11. The molecule has 1 saturated heterocycles. The molecule has 1 unspecified atom stereocenters. The fourth-order valence-electron chi connectivity index (χ4n) is 3.71. The normalized spacial score (nSPS) is 16.7. The van der Waals surface area contributed by atoms with Gasteiger partial charge < -0.3 is 15.0 Å². The van der Waals surface area contributed by atoms with E-state index in [1.54, 1.807) is 12.4 Å². The summed E-state index contributed by atoms with van der Waals surface area (Å²) >= 11 is 0. The van der Waals surface area contributed by atoms with E-state index in [-0.39, 0.29) is 6.10 Å². The number of nitrogens with zero attached hydrogens (tertiary/aromatic N) is 5. The lowest BCUT2D eigenvalue weighted by atomic mass is 10.1. The van der Waals surface area contributed by atoms with Gasteiger partial charge >= 0.3 is 0 Å². The lowest BCUT2D eigenvalue weighted by Crippen LogP contribution is -2.29. The predicted octanol–water partition coefficient (Wildman–Crippen LogP) is 3.26. The number of likely N-dealkylation sites (N-methyl/N-ethyl adjacent to an activating group) is 1. The molecule has 142 valence electrons. The minimum absolute atomic E-state index is 0.290. The van der Waals surface area contributed by atoms with Crippen LogP contribution in [0.3, 0.4) is 0 Å². The molecule has 2 N–H and O–H groups in total. The van der Waals surface area contributed by atoms with Crippen LogP contribution in [0, 0.1) is 0 Å². The Balaban J connectivity index is 1.43. The fourth-order valence-corrected chi connectivity index (χ4v) is 3.71. The van der Waals surface area contributed by atoms with E-state index in [2.05, 4.69) is 54.5 Å². The molecule has 4 heterocycles. The predicted molar refractivity (Wildman–Crippen MR) is 109 cm³/mol. The van der Waals surface area contributed by atoms with Crippen molar-refractivity contribution in [1.82, 2.24) is 25.1 Å². The van der Waals surface area contributed by atoms with Crippen molar-refractivity contribution >= 4 is 39.3 Å². The molecule has 0 radical (unpaired) electrons. The van der Waals surface area contributed by atoms with E-state index >= 15 is 0 Å². The van der Waals surface area contributed by atoms with Crippen molar-refractivity contribution < 1.29 is 4.74 Å². The van der Waals surface area contributed by atoms with Crippen LogP contribution in [0.15, 0.2) is 42.9 Å². The molecule has 0 aliphatic carbocycles. The Morgan fingerprint density at radius 2 is 2.11 bits per heavy atom. The van der Waals surface area contributed by atoms with Gasteiger partial charge in [0.1, 0.15) is 5.82 Å². The molecule has 4 aromatic rings. The molecule has 28 heavy (non-hydrogen) atoms. The van der Waals surface area contributed by atoms with E-state index in [0.717, 1.165) is 54.1 Å². The highest BCUT2D eigenvalue weighted by Crippen LogP contribution is 2.29. The second-order valence-electron chi connectivity index (χ2n) is 7.04. The largest absolute Gasteiger partial charge is 0.376 e. The Bertz CT molecular complexity index is 1120. The number of fused-ring (bicyclic) bond motifs is 2. The molecule has 1 aliphatic rings. The smallest absolute Gasteiger partial charge is 0.201 e. The number of anilines is 3. The van der Waals surface area contributed by atoms with E-state index < -0.39 is 0 Å². The highest BCUT2D eigenvalue weighted by atomic mass is 16.5. The second-order valence-corrected chi connectivity index (χ2v) is 7.04. The summed E-state index contributed by atoms with van der Waals surface area (Å²) in [6, 6.07) is 8.25. The zero-order valence-electron chi connectivity index (χ0n) is 15.6. The first-order valence-electron chi connectivity index (χ1n) is 9.41. The van der Waals surface area contributed by atoms with Gasteiger partial charge in [-0.25, -0.2) is 15.0 Å². The number of aromatic amines is 1. The Morgan fingerprint density at radius 3 is 3.00 bits per heavy atom. The van der Waals surface area contributed by atoms with Crippen LogP contribution in [0.4, 0.5) is 17.3 Å². The van der Waals surface area contributed by atoms with Crippen LogP contribution in [0.2, 0.25) is 0 Å². The van der Waals surface area contributed by atoms with E-state index in [9.17, 15) is 0 Å². The quantitative estimate of drug-likeness (QED) is 0.553. The van der Waals surface area contributed by atoms with Gasteiger partial charge in [-0.15, -0.1) is 0 Å². The van der Waals surface area contributed by atoms with Crippen LogP contribution in [0.25, 0.3) is 21.9 Å². The van der Waals surface area contributed by atoms with Crippen LogP contribution in [0.1, 0.15) is 12.8 Å². The molecule has 0 saturated carbocycles. The zero-order chi connectivity index (χ0) is 18.9. The standard InChI is InChI=1S/C20H21N7O/c1-27(12-15-3-2-10-28-15)20-16-5-4-14(11-13(16)6-7-23-20)24-19-17-18(25-26-19)22-9-8-21-17/h4-9,11,15H,2-3,10,12H2,1H3,(H2,22,24,25,26). The molecule has 8 heteroatoms. The molecule has 5 rings (SSSR count). The van der Waals surface area contributed by atoms with Crippen molar-refractivity contribution in [3.8, 4) is 0 Å². The van der Waals surface area contributed by atoms with Gasteiger partial charge in [-0.05, 0) is 42.5 Å². The number of nitrogens with one attached hydrogen (secondary N) is 2. The Hall–Kier alpha value is -3.26. The molecule has 1 aromatic carbocycles. The summed E-state index contributed by atoms with van der Waals surface area (Å²) in [6.07, 6.45) is 7.69. The van der Waals surface area contributed by atoms with Crippen molar-refractivity contribution in [2.75, 3.05) is 30.4 Å². The minimum atomic E-state index is 0.290. The lowest BCUT2D eigenvalue weighted by molar-refractivity contribution is 0.116. The van der Waals surface area contributed by atoms with Gasteiger partial charge in [-0.2, -0.15) is 5.10 Å². The number of hydrogen-bond donors (Lipinski definition) is 2. The van der Waals surface area contributed by atoms with Gasteiger partial charge in [0.15, 0.2) is 11.3 Å². The molecular formula is C20H21N7O. The number of benzene rings is 1. The first-order chi connectivity index (χ1) is 13.8. The number of hydrogen-bond acceptors (Lipinski definition) is 7. The molecule has 1 aliphatic heterocycles. The average Bonchev–Trinajstić information content (AvgIpc) is 3.38. The van der Waals surface area contributed by atoms with Gasteiger partial charge in [0, 0.05) is 49.9 Å². The number of H-pyrrole nitrogens is 1.